The van der Waals surface area contributed by atoms with Gasteiger partial charge in [-0.05, 0) is 12.5 Å². The zero-order valence-electron chi connectivity index (χ0n) is 12.7. The second-order valence-corrected chi connectivity index (χ2v) is 5.33. The average molecular weight is 297 g/mol. The van der Waals surface area contributed by atoms with Gasteiger partial charge in [0.1, 0.15) is 0 Å². The van der Waals surface area contributed by atoms with Gasteiger partial charge in [-0.15, -0.1) is 0 Å². The summed E-state index contributed by atoms with van der Waals surface area (Å²) < 4.78 is 7.11. The van der Waals surface area contributed by atoms with Crippen LogP contribution in [0.15, 0.2) is 47.2 Å². The van der Waals surface area contributed by atoms with Crippen molar-refractivity contribution < 1.29 is 4.52 Å². The minimum Gasteiger partial charge on any atom is -0.339 e. The molecule has 114 valence electrons. The normalized spacial score (nSPS) is 12.5. The molecule has 0 amide bonds. The summed E-state index contributed by atoms with van der Waals surface area (Å²) in [7, 11) is 1.90. The molecule has 3 rings (SSSR count). The van der Waals surface area contributed by atoms with E-state index in [1.807, 2.05) is 56.7 Å². The van der Waals surface area contributed by atoms with Crippen molar-refractivity contribution in [2.75, 3.05) is 0 Å². The highest BCUT2D eigenvalue weighted by Crippen LogP contribution is 2.12. The van der Waals surface area contributed by atoms with E-state index in [1.54, 1.807) is 4.68 Å². The summed E-state index contributed by atoms with van der Waals surface area (Å²) in [5.74, 6) is 1.31. The second-order valence-electron chi connectivity index (χ2n) is 5.33. The number of nitrogens with one attached hydrogen (secondary N) is 1. The summed E-state index contributed by atoms with van der Waals surface area (Å²) in [6.45, 7) is 2.74. The molecular weight excluding hydrogens is 278 g/mol. The molecule has 3 aromatic rings. The minimum atomic E-state index is 0.0217. The van der Waals surface area contributed by atoms with Gasteiger partial charge in [0.25, 0.3) is 0 Å². The van der Waals surface area contributed by atoms with Gasteiger partial charge < -0.3 is 9.84 Å². The fourth-order valence-corrected chi connectivity index (χ4v) is 2.21. The van der Waals surface area contributed by atoms with Gasteiger partial charge in [-0.25, -0.2) is 0 Å². The summed E-state index contributed by atoms with van der Waals surface area (Å²) in [6, 6.07) is 10.1. The first-order valence-electron chi connectivity index (χ1n) is 7.28. The first-order chi connectivity index (χ1) is 10.7. The molecule has 0 aliphatic rings. The van der Waals surface area contributed by atoms with Crippen LogP contribution in [-0.4, -0.2) is 19.9 Å². The molecule has 0 fully saturated rings. The van der Waals surface area contributed by atoms with Crippen molar-refractivity contribution in [2.24, 2.45) is 7.05 Å². The first kappa shape index (κ1) is 14.5. The van der Waals surface area contributed by atoms with Crippen molar-refractivity contribution in [2.45, 2.75) is 25.9 Å². The van der Waals surface area contributed by atoms with Gasteiger partial charge in [0.2, 0.25) is 5.89 Å². The maximum absolute atomic E-state index is 5.33. The van der Waals surface area contributed by atoms with E-state index >= 15 is 0 Å². The van der Waals surface area contributed by atoms with Gasteiger partial charge in [0, 0.05) is 25.4 Å². The van der Waals surface area contributed by atoms with Crippen molar-refractivity contribution >= 4 is 0 Å². The Labute approximate surface area is 129 Å². The van der Waals surface area contributed by atoms with E-state index in [-0.39, 0.29) is 6.04 Å². The molecule has 1 atom stereocenters. The fraction of sp³-hybridized carbons (Fsp3) is 0.312. The Balaban J connectivity index is 1.58. The summed E-state index contributed by atoms with van der Waals surface area (Å²) in [4.78, 5) is 4.46. The van der Waals surface area contributed by atoms with Crippen LogP contribution >= 0.6 is 0 Å². The van der Waals surface area contributed by atoms with Crippen LogP contribution in [-0.2, 0) is 20.0 Å². The number of aryl methyl sites for hydroxylation is 1. The summed E-state index contributed by atoms with van der Waals surface area (Å²) in [5.41, 5.74) is 2.29. The SMILES string of the molecule is C[C@@H](NCc1cnn(C)c1)c1noc(Cc2ccccc2)n1. The third-order valence-electron chi connectivity index (χ3n) is 3.44. The predicted octanol–water partition coefficient (Wildman–Crippen LogP) is 2.24. The topological polar surface area (TPSA) is 68.8 Å². The number of aromatic nitrogens is 4. The second kappa shape index (κ2) is 6.53. The molecular formula is C16H19N5O. The van der Waals surface area contributed by atoms with Crippen LogP contribution in [0.1, 0.15) is 35.8 Å². The van der Waals surface area contributed by atoms with E-state index in [1.165, 1.54) is 0 Å². The van der Waals surface area contributed by atoms with E-state index in [0.717, 1.165) is 17.7 Å². The summed E-state index contributed by atoms with van der Waals surface area (Å²) in [5, 5.41) is 11.6. The molecule has 22 heavy (non-hydrogen) atoms. The van der Waals surface area contributed by atoms with Crippen LogP contribution in [0.5, 0.6) is 0 Å². The van der Waals surface area contributed by atoms with E-state index < -0.39 is 0 Å². The summed E-state index contributed by atoms with van der Waals surface area (Å²) >= 11 is 0. The molecule has 0 aliphatic carbocycles. The maximum atomic E-state index is 5.33. The highest BCUT2D eigenvalue weighted by molar-refractivity contribution is 5.18. The molecule has 0 saturated carbocycles. The molecule has 1 N–H and O–H groups in total. The zero-order valence-corrected chi connectivity index (χ0v) is 12.7. The molecule has 1 aromatic carbocycles. The lowest BCUT2D eigenvalue weighted by atomic mass is 10.1. The Kier molecular flexibility index (Phi) is 4.29. The van der Waals surface area contributed by atoms with Gasteiger partial charge in [-0.3, -0.25) is 4.68 Å². The monoisotopic (exact) mass is 297 g/mol. The van der Waals surface area contributed by atoms with Crippen LogP contribution in [0.4, 0.5) is 0 Å². The number of hydrogen-bond acceptors (Lipinski definition) is 5. The standard InChI is InChI=1S/C16H19N5O/c1-12(17-9-14-10-18-21(2)11-14)16-19-15(22-20-16)8-13-6-4-3-5-7-13/h3-7,10-12,17H,8-9H2,1-2H3/t12-/m1/s1. The predicted molar refractivity (Wildman–Crippen MR) is 82.0 cm³/mol. The van der Waals surface area contributed by atoms with E-state index in [0.29, 0.717) is 18.1 Å². The molecule has 2 heterocycles. The number of benzene rings is 1. The quantitative estimate of drug-likeness (QED) is 0.755. The summed E-state index contributed by atoms with van der Waals surface area (Å²) in [6.07, 6.45) is 4.48. The van der Waals surface area contributed by atoms with Crippen molar-refractivity contribution in [1.82, 2.24) is 25.2 Å². The number of nitrogens with zero attached hydrogens (tertiary/aromatic N) is 4. The van der Waals surface area contributed by atoms with Gasteiger partial charge in [0.05, 0.1) is 18.7 Å². The van der Waals surface area contributed by atoms with Crippen LogP contribution in [0.25, 0.3) is 0 Å². The van der Waals surface area contributed by atoms with Crippen LogP contribution in [0, 0.1) is 0 Å². The van der Waals surface area contributed by atoms with Crippen LogP contribution in [0.3, 0.4) is 0 Å². The highest BCUT2D eigenvalue weighted by Gasteiger charge is 2.13. The molecule has 0 spiro atoms. The van der Waals surface area contributed by atoms with Gasteiger partial charge in [0.15, 0.2) is 5.82 Å². The largest absolute Gasteiger partial charge is 0.339 e. The van der Waals surface area contributed by atoms with Gasteiger partial charge in [-0.2, -0.15) is 10.1 Å². The number of rotatable bonds is 6. The third-order valence-corrected chi connectivity index (χ3v) is 3.44. The van der Waals surface area contributed by atoms with E-state index in [4.69, 9.17) is 4.52 Å². The van der Waals surface area contributed by atoms with Crippen molar-refractivity contribution in [3.8, 4) is 0 Å². The molecule has 2 aromatic heterocycles. The van der Waals surface area contributed by atoms with Crippen molar-refractivity contribution in [1.29, 1.82) is 0 Å². The highest BCUT2D eigenvalue weighted by atomic mass is 16.5. The Bertz CT molecular complexity index is 719. The van der Waals surface area contributed by atoms with Crippen molar-refractivity contribution in [3.05, 3.63) is 65.6 Å². The lowest BCUT2D eigenvalue weighted by Gasteiger charge is -2.07. The smallest absolute Gasteiger partial charge is 0.231 e. The van der Waals surface area contributed by atoms with Crippen molar-refractivity contribution in [3.63, 3.8) is 0 Å². The van der Waals surface area contributed by atoms with E-state index in [9.17, 15) is 0 Å². The molecule has 6 heteroatoms. The molecule has 6 nitrogen and oxygen atoms in total. The first-order valence-corrected chi connectivity index (χ1v) is 7.28. The maximum Gasteiger partial charge on any atom is 0.231 e. The zero-order chi connectivity index (χ0) is 15.4. The minimum absolute atomic E-state index is 0.0217. The van der Waals surface area contributed by atoms with Gasteiger partial charge in [-0.1, -0.05) is 35.5 Å². The fourth-order valence-electron chi connectivity index (χ4n) is 2.21. The molecule has 0 unspecified atom stereocenters. The Morgan fingerprint density at radius 3 is 2.77 bits per heavy atom. The Hall–Kier alpha value is -2.47. The number of hydrogen-bond donors (Lipinski definition) is 1. The van der Waals surface area contributed by atoms with Crippen LogP contribution in [0.2, 0.25) is 0 Å². The van der Waals surface area contributed by atoms with Crippen LogP contribution < -0.4 is 5.32 Å². The van der Waals surface area contributed by atoms with E-state index in [2.05, 4.69) is 20.6 Å². The van der Waals surface area contributed by atoms with Gasteiger partial charge >= 0.3 is 0 Å². The third kappa shape index (κ3) is 3.59. The lowest BCUT2D eigenvalue weighted by molar-refractivity contribution is 0.372. The Morgan fingerprint density at radius 2 is 2.05 bits per heavy atom. The Morgan fingerprint density at radius 1 is 1.23 bits per heavy atom. The lowest BCUT2D eigenvalue weighted by Crippen LogP contribution is -2.19. The average Bonchev–Trinajstić information content (AvgIpc) is 3.15. The molecule has 0 radical (unpaired) electrons. The molecule has 0 bridgehead atoms. The molecule has 0 aliphatic heterocycles. The molecule has 0 saturated heterocycles.